The van der Waals surface area contributed by atoms with Gasteiger partial charge in [-0.1, -0.05) is 6.58 Å². The van der Waals surface area contributed by atoms with Gasteiger partial charge in [-0.3, -0.25) is 9.48 Å². The SMILES string of the molecule is C=CC(=O)N1CC2(CCN(c3cc(-c4c(F)ccc5cnn(C)c45)nc(N4CCOCC4)n3)C2)C1. The molecule has 6 rings (SSSR count). The molecule has 3 aliphatic rings. The van der Waals surface area contributed by atoms with E-state index >= 15 is 4.39 Å². The Kier molecular flexibility index (Phi) is 5.21. The molecule has 0 unspecified atom stereocenters. The van der Waals surface area contributed by atoms with Crippen molar-refractivity contribution >= 4 is 28.6 Å². The van der Waals surface area contributed by atoms with Crippen LogP contribution in [-0.2, 0) is 16.6 Å². The van der Waals surface area contributed by atoms with Gasteiger partial charge in [0, 0.05) is 63.2 Å². The van der Waals surface area contributed by atoms with Crippen molar-refractivity contribution in [2.24, 2.45) is 12.5 Å². The van der Waals surface area contributed by atoms with Gasteiger partial charge >= 0.3 is 0 Å². The fraction of sp³-hybridized carbons (Fsp3) is 0.440. The number of halogens is 1. The number of aromatic nitrogens is 4. The fourth-order valence-electron chi connectivity index (χ4n) is 5.54. The number of ether oxygens (including phenoxy) is 1. The zero-order valence-electron chi connectivity index (χ0n) is 19.8. The number of rotatable bonds is 4. The van der Waals surface area contributed by atoms with E-state index < -0.39 is 0 Å². The maximum Gasteiger partial charge on any atom is 0.245 e. The lowest BCUT2D eigenvalue weighted by Gasteiger charge is -2.47. The average molecular weight is 478 g/mol. The third-order valence-corrected chi connectivity index (χ3v) is 7.40. The predicted octanol–water partition coefficient (Wildman–Crippen LogP) is 2.23. The molecule has 3 fully saturated rings. The van der Waals surface area contributed by atoms with Gasteiger partial charge in [0.25, 0.3) is 0 Å². The van der Waals surface area contributed by atoms with E-state index in [9.17, 15) is 4.79 Å². The molecule has 3 aliphatic heterocycles. The van der Waals surface area contributed by atoms with Crippen molar-refractivity contribution in [3.63, 3.8) is 0 Å². The number of hydrogen-bond acceptors (Lipinski definition) is 7. The molecule has 182 valence electrons. The van der Waals surface area contributed by atoms with Gasteiger partial charge in [0.15, 0.2) is 0 Å². The average Bonchev–Trinajstić information content (AvgIpc) is 3.48. The van der Waals surface area contributed by atoms with Crippen LogP contribution in [0.1, 0.15) is 6.42 Å². The third kappa shape index (κ3) is 3.72. The first-order valence-electron chi connectivity index (χ1n) is 11.9. The molecular formula is C25H28FN7O2. The van der Waals surface area contributed by atoms with Gasteiger partial charge in [-0.15, -0.1) is 0 Å². The molecule has 3 saturated heterocycles. The monoisotopic (exact) mass is 477 g/mol. The number of nitrogens with zero attached hydrogens (tertiary/aromatic N) is 7. The molecule has 5 heterocycles. The number of hydrogen-bond donors (Lipinski definition) is 0. The zero-order valence-corrected chi connectivity index (χ0v) is 19.8. The van der Waals surface area contributed by atoms with Crippen molar-refractivity contribution in [2.75, 3.05) is 62.3 Å². The highest BCUT2D eigenvalue weighted by atomic mass is 19.1. The summed E-state index contributed by atoms with van der Waals surface area (Å²) in [6.45, 7) is 9.26. The van der Waals surface area contributed by atoms with Gasteiger partial charge in [0.1, 0.15) is 11.6 Å². The second-order valence-corrected chi connectivity index (χ2v) is 9.71. The van der Waals surface area contributed by atoms with Crippen LogP contribution in [0.2, 0.25) is 0 Å². The lowest BCUT2D eigenvalue weighted by molar-refractivity contribution is -0.136. The Morgan fingerprint density at radius 3 is 2.71 bits per heavy atom. The molecule has 0 aliphatic carbocycles. The van der Waals surface area contributed by atoms with Crippen LogP contribution in [0, 0.1) is 11.2 Å². The van der Waals surface area contributed by atoms with E-state index in [0.717, 1.165) is 43.8 Å². The van der Waals surface area contributed by atoms with Crippen molar-refractivity contribution in [3.8, 4) is 11.3 Å². The summed E-state index contributed by atoms with van der Waals surface area (Å²) in [7, 11) is 1.81. The van der Waals surface area contributed by atoms with E-state index in [0.29, 0.717) is 49.0 Å². The molecule has 35 heavy (non-hydrogen) atoms. The Morgan fingerprint density at radius 2 is 1.94 bits per heavy atom. The fourth-order valence-corrected chi connectivity index (χ4v) is 5.54. The number of fused-ring (bicyclic) bond motifs is 1. The first-order valence-corrected chi connectivity index (χ1v) is 11.9. The van der Waals surface area contributed by atoms with Gasteiger partial charge in [-0.05, 0) is 24.6 Å². The maximum absolute atomic E-state index is 15.3. The molecule has 3 aromatic rings. The first-order chi connectivity index (χ1) is 17.0. The van der Waals surface area contributed by atoms with Crippen LogP contribution in [0.15, 0.2) is 37.1 Å². The number of carbonyl (C=O) groups excluding carboxylic acids is 1. The van der Waals surface area contributed by atoms with E-state index in [4.69, 9.17) is 14.7 Å². The van der Waals surface area contributed by atoms with Gasteiger partial charge in [0.2, 0.25) is 11.9 Å². The molecule has 0 bridgehead atoms. The summed E-state index contributed by atoms with van der Waals surface area (Å²) in [4.78, 5) is 27.9. The summed E-state index contributed by atoms with van der Waals surface area (Å²) in [5.74, 6) is 1.000. The van der Waals surface area contributed by atoms with Crippen LogP contribution in [0.5, 0.6) is 0 Å². The molecule has 0 radical (unpaired) electrons. The number of carbonyl (C=O) groups is 1. The van der Waals surface area contributed by atoms with Crippen LogP contribution in [-0.4, -0.2) is 83.0 Å². The highest BCUT2D eigenvalue weighted by Gasteiger charge is 2.49. The number of likely N-dealkylation sites (tertiary alicyclic amines) is 1. The normalized spacial score (nSPS) is 19.4. The lowest BCUT2D eigenvalue weighted by atomic mass is 9.79. The van der Waals surface area contributed by atoms with Crippen molar-refractivity contribution in [1.29, 1.82) is 0 Å². The van der Waals surface area contributed by atoms with E-state index in [1.807, 2.05) is 18.0 Å². The number of morpholine rings is 1. The van der Waals surface area contributed by atoms with E-state index in [2.05, 4.69) is 21.5 Å². The molecular weight excluding hydrogens is 449 g/mol. The molecule has 2 aromatic heterocycles. The molecule has 1 amide bonds. The minimum Gasteiger partial charge on any atom is -0.378 e. The summed E-state index contributed by atoms with van der Waals surface area (Å²) in [6.07, 6.45) is 4.09. The van der Waals surface area contributed by atoms with Gasteiger partial charge in [0.05, 0.1) is 36.2 Å². The lowest BCUT2D eigenvalue weighted by Crippen LogP contribution is -2.59. The molecule has 0 atom stereocenters. The summed E-state index contributed by atoms with van der Waals surface area (Å²) in [5.41, 5.74) is 1.75. The third-order valence-electron chi connectivity index (χ3n) is 7.40. The molecule has 10 heteroatoms. The van der Waals surface area contributed by atoms with Crippen LogP contribution >= 0.6 is 0 Å². The van der Waals surface area contributed by atoms with Crippen molar-refractivity contribution in [2.45, 2.75) is 6.42 Å². The van der Waals surface area contributed by atoms with Crippen molar-refractivity contribution < 1.29 is 13.9 Å². The Bertz CT molecular complexity index is 1310. The first kappa shape index (κ1) is 22.0. The van der Waals surface area contributed by atoms with E-state index in [-0.39, 0.29) is 17.1 Å². The second-order valence-electron chi connectivity index (χ2n) is 9.71. The maximum atomic E-state index is 15.3. The number of amides is 1. The highest BCUT2D eigenvalue weighted by Crippen LogP contribution is 2.42. The standard InChI is InChI=1S/C25H28FN7O2/c1-3-21(34)33-15-25(16-33)6-7-32(14-25)20-12-19(28-24(29-20)31-8-10-35-11-9-31)22-18(26)5-4-17-13-27-30(2)23(17)22/h3-5,12-13H,1,6-11,14-16H2,2H3. The van der Waals surface area contributed by atoms with Gasteiger partial charge in [-0.2, -0.15) is 10.1 Å². The Balaban J connectivity index is 1.39. The van der Waals surface area contributed by atoms with Gasteiger partial charge in [-0.25, -0.2) is 9.37 Å². The van der Waals surface area contributed by atoms with Crippen LogP contribution in [0.4, 0.5) is 16.2 Å². The Hall–Kier alpha value is -3.53. The smallest absolute Gasteiger partial charge is 0.245 e. The molecule has 1 aromatic carbocycles. The molecule has 9 nitrogen and oxygen atoms in total. The Labute approximate surface area is 202 Å². The van der Waals surface area contributed by atoms with Crippen molar-refractivity contribution in [1.82, 2.24) is 24.6 Å². The largest absolute Gasteiger partial charge is 0.378 e. The Morgan fingerprint density at radius 1 is 1.14 bits per heavy atom. The quantitative estimate of drug-likeness (QED) is 0.533. The molecule has 0 N–H and O–H groups in total. The topological polar surface area (TPSA) is 79.6 Å². The highest BCUT2D eigenvalue weighted by molar-refractivity contribution is 5.94. The summed E-state index contributed by atoms with van der Waals surface area (Å²) in [5, 5.41) is 5.19. The zero-order chi connectivity index (χ0) is 24.2. The molecule has 1 spiro atoms. The minimum atomic E-state index is -0.339. The van der Waals surface area contributed by atoms with E-state index in [1.54, 1.807) is 16.9 Å². The molecule has 0 saturated carbocycles. The number of aryl methyl sites for hydroxylation is 1. The predicted molar refractivity (Wildman–Crippen MR) is 131 cm³/mol. The van der Waals surface area contributed by atoms with Crippen LogP contribution < -0.4 is 9.80 Å². The minimum absolute atomic E-state index is 0.0206. The number of anilines is 2. The second kappa shape index (κ2) is 8.30. The van der Waals surface area contributed by atoms with Crippen molar-refractivity contribution in [3.05, 3.63) is 42.9 Å². The van der Waals surface area contributed by atoms with E-state index in [1.165, 1.54) is 12.1 Å². The van der Waals surface area contributed by atoms with Gasteiger partial charge < -0.3 is 19.4 Å². The van der Waals surface area contributed by atoms with Crippen LogP contribution in [0.3, 0.4) is 0 Å². The van der Waals surface area contributed by atoms with Crippen LogP contribution in [0.25, 0.3) is 22.2 Å². The summed E-state index contributed by atoms with van der Waals surface area (Å²) in [6, 6.07) is 5.10. The summed E-state index contributed by atoms with van der Waals surface area (Å²) >= 11 is 0. The number of benzene rings is 1. The summed E-state index contributed by atoms with van der Waals surface area (Å²) < 4.78 is 22.5.